The van der Waals surface area contributed by atoms with Crippen LogP contribution in [0, 0.1) is 23.2 Å². The van der Waals surface area contributed by atoms with Crippen LogP contribution in [0.3, 0.4) is 0 Å². The van der Waals surface area contributed by atoms with E-state index >= 15 is 0 Å². The first kappa shape index (κ1) is 23.6. The van der Waals surface area contributed by atoms with Crippen LogP contribution in [0.1, 0.15) is 56.6 Å². The van der Waals surface area contributed by atoms with Crippen molar-refractivity contribution in [3.05, 3.63) is 56.5 Å². The number of benzene rings is 2. The smallest absolute Gasteiger partial charge is 0.180 e. The number of hydrogen-bond acceptors (Lipinski definition) is 3. The average molecular weight is 509 g/mol. The molecule has 4 bridgehead atoms. The molecular formula is C27H32Cl3NO2. The highest BCUT2D eigenvalue weighted by Gasteiger charge is 2.52. The Morgan fingerprint density at radius 2 is 1.64 bits per heavy atom. The van der Waals surface area contributed by atoms with Gasteiger partial charge in [0, 0.05) is 28.2 Å². The zero-order chi connectivity index (χ0) is 23.2. The van der Waals surface area contributed by atoms with Crippen molar-refractivity contribution < 1.29 is 9.47 Å². The van der Waals surface area contributed by atoms with Gasteiger partial charge in [-0.25, -0.2) is 0 Å². The monoisotopic (exact) mass is 507 g/mol. The lowest BCUT2D eigenvalue weighted by molar-refractivity contribution is -0.0706. The van der Waals surface area contributed by atoms with Crippen molar-refractivity contribution in [1.82, 2.24) is 5.32 Å². The SMILES string of the molecule is COc1cc(CNC(C)C23CC4CC(CC(C4)C2)C3)cc(Cl)c1OCc1ccc(Cl)cc1Cl. The third-order valence-electron chi connectivity index (χ3n) is 8.29. The van der Waals surface area contributed by atoms with Gasteiger partial charge in [-0.15, -0.1) is 0 Å². The van der Waals surface area contributed by atoms with E-state index in [0.29, 0.717) is 38.0 Å². The Morgan fingerprint density at radius 3 is 2.24 bits per heavy atom. The molecule has 0 radical (unpaired) electrons. The van der Waals surface area contributed by atoms with Gasteiger partial charge in [-0.05, 0) is 98.4 Å². The van der Waals surface area contributed by atoms with Crippen LogP contribution in [0.5, 0.6) is 11.5 Å². The van der Waals surface area contributed by atoms with Crippen LogP contribution < -0.4 is 14.8 Å². The maximum atomic E-state index is 6.63. The first-order chi connectivity index (χ1) is 15.8. The molecular weight excluding hydrogens is 477 g/mol. The van der Waals surface area contributed by atoms with E-state index in [1.54, 1.807) is 19.2 Å². The van der Waals surface area contributed by atoms with Gasteiger partial charge in [-0.3, -0.25) is 0 Å². The molecule has 2 aromatic rings. The highest BCUT2D eigenvalue weighted by molar-refractivity contribution is 6.35. The summed E-state index contributed by atoms with van der Waals surface area (Å²) in [6.07, 6.45) is 8.62. The Bertz CT molecular complexity index is 989. The summed E-state index contributed by atoms with van der Waals surface area (Å²) in [5, 5.41) is 5.54. The maximum absolute atomic E-state index is 6.63. The fraction of sp³-hybridized carbons (Fsp3) is 0.556. The van der Waals surface area contributed by atoms with E-state index in [4.69, 9.17) is 44.3 Å². The molecule has 0 saturated heterocycles. The topological polar surface area (TPSA) is 30.5 Å². The van der Waals surface area contributed by atoms with E-state index < -0.39 is 0 Å². The van der Waals surface area contributed by atoms with Crippen LogP contribution in [-0.4, -0.2) is 13.2 Å². The molecule has 2 aromatic carbocycles. The normalized spacial score (nSPS) is 28.7. The number of hydrogen-bond donors (Lipinski definition) is 1. The molecule has 33 heavy (non-hydrogen) atoms. The van der Waals surface area contributed by atoms with E-state index in [9.17, 15) is 0 Å². The van der Waals surface area contributed by atoms with Crippen LogP contribution in [0.25, 0.3) is 0 Å². The minimum absolute atomic E-state index is 0.284. The van der Waals surface area contributed by atoms with Crippen molar-refractivity contribution >= 4 is 34.8 Å². The summed E-state index contributed by atoms with van der Waals surface area (Å²) in [6, 6.07) is 9.85. The quantitative estimate of drug-likeness (QED) is 0.393. The summed E-state index contributed by atoms with van der Waals surface area (Å²) in [4.78, 5) is 0. The Hall–Kier alpha value is -1.13. The summed E-state index contributed by atoms with van der Waals surface area (Å²) in [7, 11) is 1.64. The molecule has 178 valence electrons. The molecule has 4 aliphatic carbocycles. The van der Waals surface area contributed by atoms with Gasteiger partial charge < -0.3 is 14.8 Å². The van der Waals surface area contributed by atoms with Gasteiger partial charge in [0.15, 0.2) is 11.5 Å². The summed E-state index contributed by atoms with van der Waals surface area (Å²) < 4.78 is 11.6. The number of ether oxygens (including phenoxy) is 2. The zero-order valence-corrected chi connectivity index (χ0v) is 21.6. The third kappa shape index (κ3) is 4.85. The van der Waals surface area contributed by atoms with E-state index in [1.165, 1.54) is 38.5 Å². The maximum Gasteiger partial charge on any atom is 0.180 e. The lowest BCUT2D eigenvalue weighted by atomic mass is 9.48. The van der Waals surface area contributed by atoms with Gasteiger partial charge in [0.05, 0.1) is 12.1 Å². The van der Waals surface area contributed by atoms with Crippen LogP contribution in [0.2, 0.25) is 15.1 Å². The van der Waals surface area contributed by atoms with E-state index in [-0.39, 0.29) is 6.61 Å². The second-order valence-corrected chi connectivity index (χ2v) is 11.8. The molecule has 1 unspecified atom stereocenters. The number of halogens is 3. The fourth-order valence-electron chi connectivity index (χ4n) is 7.00. The van der Waals surface area contributed by atoms with Gasteiger partial charge in [0.1, 0.15) is 6.61 Å². The van der Waals surface area contributed by atoms with Gasteiger partial charge in [0.2, 0.25) is 0 Å². The molecule has 0 spiro atoms. The first-order valence-corrected chi connectivity index (χ1v) is 13.1. The molecule has 0 aromatic heterocycles. The summed E-state index contributed by atoms with van der Waals surface area (Å²) in [6.45, 7) is 3.44. The minimum atomic E-state index is 0.284. The molecule has 0 aliphatic heterocycles. The van der Waals surface area contributed by atoms with Crippen LogP contribution >= 0.6 is 34.8 Å². The summed E-state index contributed by atoms with van der Waals surface area (Å²) in [5.74, 6) is 4.04. The van der Waals surface area contributed by atoms with E-state index in [2.05, 4.69) is 12.2 Å². The molecule has 1 N–H and O–H groups in total. The second kappa shape index (κ2) is 9.49. The fourth-order valence-corrected chi connectivity index (χ4v) is 7.75. The molecule has 3 nitrogen and oxygen atoms in total. The van der Waals surface area contributed by atoms with Gasteiger partial charge in [0.25, 0.3) is 0 Å². The molecule has 0 heterocycles. The Kier molecular flexibility index (Phi) is 6.79. The van der Waals surface area contributed by atoms with Gasteiger partial charge in [-0.2, -0.15) is 0 Å². The number of methoxy groups -OCH3 is 1. The van der Waals surface area contributed by atoms with Gasteiger partial charge >= 0.3 is 0 Å². The molecule has 4 saturated carbocycles. The van der Waals surface area contributed by atoms with Crippen molar-refractivity contribution in [2.24, 2.45) is 23.2 Å². The van der Waals surface area contributed by atoms with Gasteiger partial charge in [-0.1, -0.05) is 40.9 Å². The standard InChI is InChI=1S/C27H32Cl3NO2/c1-16(27-11-17-5-18(12-27)7-19(6-17)13-27)31-14-20-8-24(30)26(25(9-20)32-2)33-15-21-3-4-22(28)10-23(21)29/h3-4,8-10,16-19,31H,5-7,11-15H2,1-2H3. The molecule has 6 heteroatoms. The highest BCUT2D eigenvalue weighted by Crippen LogP contribution is 2.61. The van der Waals surface area contributed by atoms with Crippen molar-refractivity contribution in [1.29, 1.82) is 0 Å². The Morgan fingerprint density at radius 1 is 0.970 bits per heavy atom. The molecule has 4 aliphatic rings. The van der Waals surface area contributed by atoms with Crippen LogP contribution in [0.15, 0.2) is 30.3 Å². The molecule has 4 fully saturated rings. The predicted octanol–water partition coefficient (Wildman–Crippen LogP) is 7.93. The minimum Gasteiger partial charge on any atom is -0.493 e. The average Bonchev–Trinajstić information content (AvgIpc) is 2.76. The lowest BCUT2D eigenvalue weighted by Crippen LogP contribution is -2.54. The van der Waals surface area contributed by atoms with E-state index in [1.807, 2.05) is 18.2 Å². The van der Waals surface area contributed by atoms with Crippen molar-refractivity contribution in [3.63, 3.8) is 0 Å². The Balaban J connectivity index is 1.25. The number of nitrogens with one attached hydrogen (secondary N) is 1. The van der Waals surface area contributed by atoms with E-state index in [0.717, 1.165) is 35.4 Å². The molecule has 0 amide bonds. The van der Waals surface area contributed by atoms with Crippen molar-refractivity contribution in [2.45, 2.75) is 64.6 Å². The molecule has 1 atom stereocenters. The highest BCUT2D eigenvalue weighted by atomic mass is 35.5. The van der Waals surface area contributed by atoms with Crippen LogP contribution in [0.4, 0.5) is 0 Å². The van der Waals surface area contributed by atoms with Crippen LogP contribution in [-0.2, 0) is 13.2 Å². The predicted molar refractivity (Wildman–Crippen MR) is 136 cm³/mol. The van der Waals surface area contributed by atoms with Crippen molar-refractivity contribution in [3.8, 4) is 11.5 Å². The third-order valence-corrected chi connectivity index (χ3v) is 9.16. The molecule has 6 rings (SSSR count). The summed E-state index contributed by atoms with van der Waals surface area (Å²) >= 11 is 18.9. The summed E-state index contributed by atoms with van der Waals surface area (Å²) in [5.41, 5.74) is 2.42. The largest absolute Gasteiger partial charge is 0.493 e. The van der Waals surface area contributed by atoms with Crippen molar-refractivity contribution in [2.75, 3.05) is 7.11 Å². The Labute approximate surface area is 212 Å². The zero-order valence-electron chi connectivity index (χ0n) is 19.3. The lowest BCUT2D eigenvalue weighted by Gasteiger charge is -2.59. The number of rotatable bonds is 8. The second-order valence-electron chi connectivity index (χ2n) is 10.5. The first-order valence-electron chi connectivity index (χ1n) is 12.0.